The molecule has 3 heteroatoms. The van der Waals surface area contributed by atoms with Crippen LogP contribution < -0.4 is 4.74 Å². The summed E-state index contributed by atoms with van der Waals surface area (Å²) in [6.07, 6.45) is 4.68. The van der Waals surface area contributed by atoms with Crippen molar-refractivity contribution in [2.75, 3.05) is 0 Å². The first-order valence-electron chi connectivity index (χ1n) is 9.05. The molecule has 25 heavy (non-hydrogen) atoms. The SMILES string of the molecule is CCCCCCc1ccccc1-c1cc(OC(=O)O)c(C)c(C)c1C. The third-order valence-corrected chi connectivity index (χ3v) is 4.98. The summed E-state index contributed by atoms with van der Waals surface area (Å²) in [6, 6.07) is 10.3. The highest BCUT2D eigenvalue weighted by Gasteiger charge is 2.16. The van der Waals surface area contributed by atoms with Gasteiger partial charge in [0.25, 0.3) is 0 Å². The third kappa shape index (κ3) is 4.62. The zero-order valence-corrected chi connectivity index (χ0v) is 15.7. The van der Waals surface area contributed by atoms with Crippen LogP contribution in [0.25, 0.3) is 11.1 Å². The standard InChI is InChI=1S/C22H28O3/c1-5-6-7-8-11-18-12-9-10-13-19(18)20-14-21(25-22(23)24)17(4)15(2)16(20)3/h9-10,12-14H,5-8,11H2,1-4H3,(H,23,24). The number of rotatable bonds is 7. The first-order valence-corrected chi connectivity index (χ1v) is 9.05. The summed E-state index contributed by atoms with van der Waals surface area (Å²) in [6.45, 7) is 8.24. The molecule has 0 aliphatic heterocycles. The summed E-state index contributed by atoms with van der Waals surface area (Å²) in [5.74, 6) is 0.423. The van der Waals surface area contributed by atoms with Crippen LogP contribution in [0.2, 0.25) is 0 Å². The average Bonchev–Trinajstić information content (AvgIpc) is 2.59. The van der Waals surface area contributed by atoms with Gasteiger partial charge in [-0.3, -0.25) is 0 Å². The first-order chi connectivity index (χ1) is 12.0. The van der Waals surface area contributed by atoms with Gasteiger partial charge in [-0.05, 0) is 73.1 Å². The predicted molar refractivity (Wildman–Crippen MR) is 103 cm³/mol. The predicted octanol–water partition coefficient (Wildman–Crippen LogP) is 6.46. The molecule has 0 amide bonds. The van der Waals surface area contributed by atoms with Crippen molar-refractivity contribution in [2.24, 2.45) is 0 Å². The van der Waals surface area contributed by atoms with Crippen LogP contribution in [0.3, 0.4) is 0 Å². The number of carboxylic acid groups (broad SMARTS) is 1. The Morgan fingerprint density at radius 2 is 1.68 bits per heavy atom. The number of hydrogen-bond donors (Lipinski definition) is 1. The molecule has 0 bridgehead atoms. The van der Waals surface area contributed by atoms with Crippen molar-refractivity contribution in [1.29, 1.82) is 0 Å². The molecule has 0 atom stereocenters. The maximum atomic E-state index is 11.0. The van der Waals surface area contributed by atoms with Gasteiger partial charge < -0.3 is 9.84 Å². The Morgan fingerprint density at radius 1 is 0.960 bits per heavy atom. The molecule has 134 valence electrons. The number of ether oxygens (including phenoxy) is 1. The number of benzene rings is 2. The van der Waals surface area contributed by atoms with Gasteiger partial charge in [0, 0.05) is 0 Å². The lowest BCUT2D eigenvalue weighted by molar-refractivity contribution is 0.144. The zero-order chi connectivity index (χ0) is 18.4. The van der Waals surface area contributed by atoms with Crippen LogP contribution in [0.1, 0.15) is 54.9 Å². The van der Waals surface area contributed by atoms with Crippen LogP contribution >= 0.6 is 0 Å². The van der Waals surface area contributed by atoms with E-state index in [2.05, 4.69) is 32.0 Å². The van der Waals surface area contributed by atoms with Crippen molar-refractivity contribution in [2.45, 2.75) is 59.8 Å². The van der Waals surface area contributed by atoms with Gasteiger partial charge in [0.15, 0.2) is 0 Å². The molecule has 0 spiro atoms. The van der Waals surface area contributed by atoms with E-state index in [1.54, 1.807) is 0 Å². The number of hydrogen-bond acceptors (Lipinski definition) is 2. The third-order valence-electron chi connectivity index (χ3n) is 4.98. The highest BCUT2D eigenvalue weighted by atomic mass is 16.7. The Bertz CT molecular complexity index is 747. The molecule has 1 N–H and O–H groups in total. The fourth-order valence-electron chi connectivity index (χ4n) is 3.24. The average molecular weight is 340 g/mol. The van der Waals surface area contributed by atoms with E-state index in [4.69, 9.17) is 9.84 Å². The number of unbranched alkanes of at least 4 members (excludes halogenated alkanes) is 3. The quantitative estimate of drug-likeness (QED) is 0.357. The lowest BCUT2D eigenvalue weighted by Gasteiger charge is -2.18. The van der Waals surface area contributed by atoms with Crippen molar-refractivity contribution in [3.8, 4) is 16.9 Å². The van der Waals surface area contributed by atoms with Crippen LogP contribution in [0.15, 0.2) is 30.3 Å². The highest BCUT2D eigenvalue weighted by molar-refractivity contribution is 5.75. The van der Waals surface area contributed by atoms with E-state index in [1.807, 2.05) is 26.0 Å². The molecule has 0 heterocycles. The van der Waals surface area contributed by atoms with Crippen LogP contribution in [-0.2, 0) is 6.42 Å². The Morgan fingerprint density at radius 3 is 2.36 bits per heavy atom. The molecule has 0 fully saturated rings. The van der Waals surface area contributed by atoms with Gasteiger partial charge in [0.1, 0.15) is 5.75 Å². The molecule has 0 aliphatic carbocycles. The van der Waals surface area contributed by atoms with Gasteiger partial charge >= 0.3 is 6.16 Å². The largest absolute Gasteiger partial charge is 0.511 e. The highest BCUT2D eigenvalue weighted by Crippen LogP contribution is 2.36. The molecule has 0 saturated carbocycles. The van der Waals surface area contributed by atoms with E-state index >= 15 is 0 Å². The number of aryl methyl sites for hydroxylation is 1. The minimum atomic E-state index is -1.27. The second kappa shape index (κ2) is 8.70. The van der Waals surface area contributed by atoms with E-state index in [0.29, 0.717) is 5.75 Å². The second-order valence-corrected chi connectivity index (χ2v) is 6.63. The summed E-state index contributed by atoms with van der Waals surface area (Å²) in [5.41, 5.74) is 6.68. The molecule has 0 saturated heterocycles. The summed E-state index contributed by atoms with van der Waals surface area (Å²) in [4.78, 5) is 11.0. The molecule has 0 aliphatic rings. The van der Waals surface area contributed by atoms with Gasteiger partial charge in [-0.1, -0.05) is 50.5 Å². The van der Waals surface area contributed by atoms with Crippen molar-refractivity contribution in [3.05, 3.63) is 52.6 Å². The van der Waals surface area contributed by atoms with Gasteiger partial charge in [-0.2, -0.15) is 0 Å². The van der Waals surface area contributed by atoms with Crippen LogP contribution in [0.5, 0.6) is 5.75 Å². The molecule has 0 aromatic heterocycles. The Kier molecular flexibility index (Phi) is 6.63. The monoisotopic (exact) mass is 340 g/mol. The summed E-state index contributed by atoms with van der Waals surface area (Å²) in [7, 11) is 0. The lowest BCUT2D eigenvalue weighted by atomic mass is 9.89. The molecule has 0 unspecified atom stereocenters. The molecular weight excluding hydrogens is 312 g/mol. The summed E-state index contributed by atoms with van der Waals surface area (Å²) in [5, 5.41) is 9.01. The summed E-state index contributed by atoms with van der Waals surface area (Å²) < 4.78 is 5.01. The zero-order valence-electron chi connectivity index (χ0n) is 15.7. The molecule has 3 nitrogen and oxygen atoms in total. The van der Waals surface area contributed by atoms with E-state index in [9.17, 15) is 4.79 Å². The maximum Gasteiger partial charge on any atom is 0.511 e. The van der Waals surface area contributed by atoms with Gasteiger partial charge in [-0.25, -0.2) is 4.79 Å². The Labute approximate surface area is 150 Å². The second-order valence-electron chi connectivity index (χ2n) is 6.63. The topological polar surface area (TPSA) is 46.5 Å². The van der Waals surface area contributed by atoms with Crippen molar-refractivity contribution < 1.29 is 14.6 Å². The van der Waals surface area contributed by atoms with E-state index in [0.717, 1.165) is 23.1 Å². The van der Waals surface area contributed by atoms with Crippen LogP contribution in [-0.4, -0.2) is 11.3 Å². The Balaban J connectivity index is 2.44. The lowest BCUT2D eigenvalue weighted by Crippen LogP contribution is -2.06. The van der Waals surface area contributed by atoms with E-state index < -0.39 is 6.16 Å². The smallest absolute Gasteiger partial charge is 0.449 e. The molecular formula is C22H28O3. The molecule has 0 radical (unpaired) electrons. The van der Waals surface area contributed by atoms with Gasteiger partial charge in [0.05, 0.1) is 0 Å². The van der Waals surface area contributed by atoms with Crippen LogP contribution in [0.4, 0.5) is 4.79 Å². The van der Waals surface area contributed by atoms with Gasteiger partial charge in [0.2, 0.25) is 0 Å². The van der Waals surface area contributed by atoms with Crippen molar-refractivity contribution in [3.63, 3.8) is 0 Å². The molecule has 2 rings (SSSR count). The normalized spacial score (nSPS) is 10.7. The van der Waals surface area contributed by atoms with Crippen molar-refractivity contribution >= 4 is 6.16 Å². The molecule has 2 aromatic rings. The fourth-order valence-corrected chi connectivity index (χ4v) is 3.24. The van der Waals surface area contributed by atoms with Crippen LogP contribution in [0, 0.1) is 20.8 Å². The number of carbonyl (C=O) groups is 1. The minimum absolute atomic E-state index is 0.423. The van der Waals surface area contributed by atoms with Gasteiger partial charge in [-0.15, -0.1) is 0 Å². The summed E-state index contributed by atoms with van der Waals surface area (Å²) >= 11 is 0. The van der Waals surface area contributed by atoms with Crippen molar-refractivity contribution in [1.82, 2.24) is 0 Å². The van der Waals surface area contributed by atoms with E-state index in [-0.39, 0.29) is 0 Å². The first kappa shape index (κ1) is 19.0. The minimum Gasteiger partial charge on any atom is -0.449 e. The van der Waals surface area contributed by atoms with E-state index in [1.165, 1.54) is 42.4 Å². The molecule has 2 aromatic carbocycles. The Hall–Kier alpha value is -2.29. The maximum absolute atomic E-state index is 11.0. The fraction of sp³-hybridized carbons (Fsp3) is 0.409.